The molecule has 1 aromatic rings. The van der Waals surface area contributed by atoms with E-state index in [-0.39, 0.29) is 23.3 Å². The number of nitrogen functional groups attached to an aromatic ring is 1. The van der Waals surface area contributed by atoms with Crippen LogP contribution in [0.4, 0.5) is 11.5 Å². The Bertz CT molecular complexity index is 825. The molecule has 0 saturated heterocycles. The lowest BCUT2D eigenvalue weighted by atomic mass is 10.1. The third-order valence-corrected chi connectivity index (χ3v) is 5.07. The average molecular weight is 377 g/mol. The number of nitrogens with two attached hydrogens (primary N) is 1. The number of unbranched alkanes of at least 4 members (excludes halogenated alkanes) is 1. The molecule has 0 unspecified atom stereocenters. The summed E-state index contributed by atoms with van der Waals surface area (Å²) in [5.41, 5.74) is 7.03. The number of H-pyrrole nitrogens is 1. The summed E-state index contributed by atoms with van der Waals surface area (Å²) in [6.45, 7) is 8.56. The van der Waals surface area contributed by atoms with E-state index in [1.807, 2.05) is 27.7 Å². The first kappa shape index (κ1) is 21.0. The molecule has 0 radical (unpaired) electrons. The molecule has 0 atom stereocenters. The van der Waals surface area contributed by atoms with Gasteiger partial charge in [0.2, 0.25) is 0 Å². The van der Waals surface area contributed by atoms with Crippen LogP contribution in [0.1, 0.15) is 66.2 Å². The van der Waals surface area contributed by atoms with E-state index >= 15 is 0 Å². The van der Waals surface area contributed by atoms with Crippen LogP contribution in [0, 0.1) is 5.92 Å². The SMILES string of the molecule is CCCCN(C(=O)C(C)=C1CCCC1)c1c(N)n(CC(C)C)c(=O)[nH]c1=O. The normalized spacial score (nSPS) is 14.0. The minimum atomic E-state index is -0.605. The number of carbonyl (C=O) groups excluding carboxylic acids is 1. The molecule has 7 nitrogen and oxygen atoms in total. The van der Waals surface area contributed by atoms with Crippen molar-refractivity contribution in [2.75, 3.05) is 17.2 Å². The first-order chi connectivity index (χ1) is 12.8. The van der Waals surface area contributed by atoms with Gasteiger partial charge >= 0.3 is 5.69 Å². The number of anilines is 2. The summed E-state index contributed by atoms with van der Waals surface area (Å²) in [7, 11) is 0. The molecule has 2 rings (SSSR count). The lowest BCUT2D eigenvalue weighted by Gasteiger charge is -2.25. The Morgan fingerprint density at radius 1 is 1.26 bits per heavy atom. The maximum atomic E-state index is 13.2. The first-order valence-corrected chi connectivity index (χ1v) is 9.91. The number of nitrogens with zero attached hydrogens (tertiary/aromatic N) is 2. The van der Waals surface area contributed by atoms with Gasteiger partial charge in [-0.1, -0.05) is 32.8 Å². The van der Waals surface area contributed by atoms with Crippen LogP contribution in [0.3, 0.4) is 0 Å². The molecular formula is C20H32N4O3. The Morgan fingerprint density at radius 3 is 2.44 bits per heavy atom. The number of allylic oxidation sites excluding steroid dienone is 1. The van der Waals surface area contributed by atoms with Crippen LogP contribution in [-0.2, 0) is 11.3 Å². The van der Waals surface area contributed by atoms with E-state index in [4.69, 9.17) is 5.73 Å². The number of rotatable bonds is 7. The van der Waals surface area contributed by atoms with Crippen molar-refractivity contribution >= 4 is 17.4 Å². The summed E-state index contributed by atoms with van der Waals surface area (Å²) in [6.07, 6.45) is 5.67. The van der Waals surface area contributed by atoms with Crippen molar-refractivity contribution in [3.63, 3.8) is 0 Å². The molecule has 1 amide bonds. The molecule has 0 aliphatic heterocycles. The van der Waals surface area contributed by atoms with Crippen molar-refractivity contribution in [3.05, 3.63) is 32.0 Å². The molecule has 1 aliphatic carbocycles. The largest absolute Gasteiger partial charge is 0.383 e. The molecule has 1 fully saturated rings. The summed E-state index contributed by atoms with van der Waals surface area (Å²) in [4.78, 5) is 41.8. The van der Waals surface area contributed by atoms with Gasteiger partial charge in [0.05, 0.1) is 0 Å². The minimum absolute atomic E-state index is 0.0612. The number of aromatic nitrogens is 2. The van der Waals surface area contributed by atoms with Gasteiger partial charge in [-0.25, -0.2) is 4.79 Å². The molecule has 1 saturated carbocycles. The molecule has 7 heteroatoms. The Morgan fingerprint density at radius 2 is 1.89 bits per heavy atom. The summed E-state index contributed by atoms with van der Waals surface area (Å²) in [5, 5.41) is 0. The lowest BCUT2D eigenvalue weighted by molar-refractivity contribution is -0.115. The summed E-state index contributed by atoms with van der Waals surface area (Å²) in [5.74, 6) is 0.0457. The van der Waals surface area contributed by atoms with Gasteiger partial charge in [0.15, 0.2) is 5.69 Å². The second-order valence-electron chi connectivity index (χ2n) is 7.74. The lowest BCUT2D eigenvalue weighted by Crippen LogP contribution is -2.42. The Hall–Kier alpha value is -2.31. The fourth-order valence-electron chi connectivity index (χ4n) is 3.55. The van der Waals surface area contributed by atoms with Gasteiger partial charge in [0.25, 0.3) is 11.5 Å². The highest BCUT2D eigenvalue weighted by Gasteiger charge is 2.26. The van der Waals surface area contributed by atoms with Gasteiger partial charge in [-0.2, -0.15) is 0 Å². The van der Waals surface area contributed by atoms with Crippen molar-refractivity contribution in [2.45, 2.75) is 72.8 Å². The Kier molecular flexibility index (Phi) is 7.05. The fraction of sp³-hybridized carbons (Fsp3) is 0.650. The third-order valence-electron chi connectivity index (χ3n) is 5.07. The smallest absolute Gasteiger partial charge is 0.330 e. The predicted octanol–water partition coefficient (Wildman–Crippen LogP) is 2.80. The number of hydrogen-bond donors (Lipinski definition) is 2. The summed E-state index contributed by atoms with van der Waals surface area (Å²) >= 11 is 0. The molecule has 27 heavy (non-hydrogen) atoms. The van der Waals surface area contributed by atoms with Gasteiger partial charge in [0.1, 0.15) is 5.82 Å². The maximum Gasteiger partial charge on any atom is 0.330 e. The maximum absolute atomic E-state index is 13.2. The molecule has 1 aliphatic rings. The van der Waals surface area contributed by atoms with Gasteiger partial charge in [-0.3, -0.25) is 19.1 Å². The standard InChI is InChI=1S/C20H32N4O3/c1-5-6-11-23(19(26)14(4)15-9-7-8-10-15)16-17(21)24(12-13(2)3)20(27)22-18(16)25/h13H,5-12,21H2,1-4H3,(H,22,25,27). The van der Waals surface area contributed by atoms with Crippen LogP contribution >= 0.6 is 0 Å². The Balaban J connectivity index is 2.56. The van der Waals surface area contributed by atoms with Crippen molar-refractivity contribution < 1.29 is 4.79 Å². The zero-order valence-electron chi connectivity index (χ0n) is 16.9. The van der Waals surface area contributed by atoms with E-state index < -0.39 is 11.2 Å². The van der Waals surface area contributed by atoms with E-state index in [1.165, 1.54) is 9.47 Å². The zero-order chi connectivity index (χ0) is 20.1. The quantitative estimate of drug-likeness (QED) is 0.715. The molecule has 1 heterocycles. The van der Waals surface area contributed by atoms with E-state index in [2.05, 4.69) is 4.98 Å². The summed E-state index contributed by atoms with van der Waals surface area (Å²) < 4.78 is 1.35. The molecule has 0 bridgehead atoms. The highest BCUT2D eigenvalue weighted by atomic mass is 16.2. The van der Waals surface area contributed by atoms with E-state index in [1.54, 1.807) is 0 Å². The molecule has 0 aromatic carbocycles. The fourth-order valence-corrected chi connectivity index (χ4v) is 3.55. The topological polar surface area (TPSA) is 101 Å². The second kappa shape index (κ2) is 9.06. The van der Waals surface area contributed by atoms with E-state index in [0.717, 1.165) is 44.1 Å². The summed E-state index contributed by atoms with van der Waals surface area (Å²) in [6, 6.07) is 0. The number of hydrogen-bond acceptors (Lipinski definition) is 4. The molecular weight excluding hydrogens is 344 g/mol. The number of carbonyl (C=O) groups is 1. The first-order valence-electron chi connectivity index (χ1n) is 9.91. The monoisotopic (exact) mass is 376 g/mol. The molecule has 150 valence electrons. The van der Waals surface area contributed by atoms with Gasteiger partial charge in [-0.15, -0.1) is 0 Å². The highest BCUT2D eigenvalue weighted by Crippen LogP contribution is 2.29. The molecule has 1 aromatic heterocycles. The second-order valence-corrected chi connectivity index (χ2v) is 7.74. The van der Waals surface area contributed by atoms with Crippen molar-refractivity contribution in [2.24, 2.45) is 5.92 Å². The Labute approximate surface area is 160 Å². The minimum Gasteiger partial charge on any atom is -0.383 e. The predicted molar refractivity (Wildman–Crippen MR) is 109 cm³/mol. The third kappa shape index (κ3) is 4.70. The zero-order valence-corrected chi connectivity index (χ0v) is 16.9. The van der Waals surface area contributed by atoms with Crippen molar-refractivity contribution in [3.8, 4) is 0 Å². The number of nitrogens with one attached hydrogen (secondary N) is 1. The van der Waals surface area contributed by atoms with E-state index in [9.17, 15) is 14.4 Å². The highest BCUT2D eigenvalue weighted by molar-refractivity contribution is 6.06. The van der Waals surface area contributed by atoms with Crippen LogP contribution in [0.25, 0.3) is 0 Å². The molecule has 0 spiro atoms. The van der Waals surface area contributed by atoms with Crippen molar-refractivity contribution in [1.29, 1.82) is 0 Å². The van der Waals surface area contributed by atoms with Gasteiger partial charge < -0.3 is 10.6 Å². The molecule has 3 N–H and O–H groups in total. The van der Waals surface area contributed by atoms with Gasteiger partial charge in [0, 0.05) is 18.7 Å². The van der Waals surface area contributed by atoms with E-state index in [0.29, 0.717) is 18.7 Å². The number of aromatic amines is 1. The van der Waals surface area contributed by atoms with Crippen molar-refractivity contribution in [1.82, 2.24) is 9.55 Å². The van der Waals surface area contributed by atoms with Crippen LogP contribution in [-0.4, -0.2) is 22.0 Å². The number of amides is 1. The van der Waals surface area contributed by atoms with Gasteiger partial charge in [-0.05, 0) is 44.9 Å². The van der Waals surface area contributed by atoms with Crippen LogP contribution in [0.2, 0.25) is 0 Å². The average Bonchev–Trinajstić information content (AvgIpc) is 3.14. The van der Waals surface area contributed by atoms with Crippen LogP contribution in [0.15, 0.2) is 20.7 Å². The van der Waals surface area contributed by atoms with Crippen LogP contribution < -0.4 is 21.9 Å². The van der Waals surface area contributed by atoms with Crippen LogP contribution in [0.5, 0.6) is 0 Å².